The van der Waals surface area contributed by atoms with Gasteiger partial charge in [0.15, 0.2) is 4.80 Å². The summed E-state index contributed by atoms with van der Waals surface area (Å²) in [7, 11) is 1.59. The fraction of sp³-hybridized carbons (Fsp3) is 0.222. The van der Waals surface area contributed by atoms with E-state index in [1.165, 1.54) is 23.5 Å². The molecule has 0 saturated carbocycles. The van der Waals surface area contributed by atoms with Crippen LogP contribution in [0.15, 0.2) is 41.4 Å². The van der Waals surface area contributed by atoms with Gasteiger partial charge in [-0.05, 0) is 30.7 Å². The number of ether oxygens (including phenoxy) is 1. The summed E-state index contributed by atoms with van der Waals surface area (Å²) in [5.41, 5.74) is 0.740. The fourth-order valence-corrected chi connectivity index (χ4v) is 3.92. The van der Waals surface area contributed by atoms with Crippen LogP contribution in [0.1, 0.15) is 23.7 Å². The van der Waals surface area contributed by atoms with E-state index >= 15 is 0 Å². The highest BCUT2D eigenvalue weighted by atomic mass is 35.5. The molecule has 7 nitrogen and oxygen atoms in total. The quantitative estimate of drug-likeness (QED) is 0.464. The van der Waals surface area contributed by atoms with Crippen molar-refractivity contribution in [1.82, 2.24) is 4.57 Å². The van der Waals surface area contributed by atoms with Gasteiger partial charge in [0.25, 0.3) is 11.6 Å². The molecule has 1 heterocycles. The van der Waals surface area contributed by atoms with E-state index in [1.807, 2.05) is 29.7 Å². The van der Waals surface area contributed by atoms with Crippen LogP contribution in [0.25, 0.3) is 10.2 Å². The molecule has 3 aromatic rings. The zero-order chi connectivity index (χ0) is 19.6. The number of non-ortho nitro benzene ring substituents is 1. The van der Waals surface area contributed by atoms with Crippen LogP contribution in [-0.4, -0.2) is 22.5 Å². The van der Waals surface area contributed by atoms with Crippen LogP contribution < -0.4 is 9.54 Å². The van der Waals surface area contributed by atoms with Crippen molar-refractivity contribution in [2.45, 2.75) is 19.9 Å². The molecule has 27 heavy (non-hydrogen) atoms. The molecule has 0 bridgehead atoms. The Kier molecular flexibility index (Phi) is 5.57. The third kappa shape index (κ3) is 3.86. The zero-order valence-electron chi connectivity index (χ0n) is 14.6. The van der Waals surface area contributed by atoms with Crippen molar-refractivity contribution in [3.05, 3.63) is 61.9 Å². The largest absolute Gasteiger partial charge is 0.497 e. The van der Waals surface area contributed by atoms with Gasteiger partial charge in [-0.3, -0.25) is 14.9 Å². The standard InChI is InChI=1S/C18H16ClN3O4S/c1-3-8-21-15-7-5-12(26-2)10-16(15)27-18(21)20-17(23)13-9-11(22(24)25)4-6-14(13)19/h4-7,9-10H,3,8H2,1-2H3. The number of aryl methyl sites for hydroxylation is 1. The number of hydrogen-bond acceptors (Lipinski definition) is 5. The summed E-state index contributed by atoms with van der Waals surface area (Å²) in [4.78, 5) is 27.8. The fourth-order valence-electron chi connectivity index (χ4n) is 2.64. The van der Waals surface area contributed by atoms with Gasteiger partial charge >= 0.3 is 0 Å². The Hall–Kier alpha value is -2.71. The first-order chi connectivity index (χ1) is 12.9. The van der Waals surface area contributed by atoms with E-state index in [1.54, 1.807) is 7.11 Å². The summed E-state index contributed by atoms with van der Waals surface area (Å²) in [6.07, 6.45) is 0.858. The monoisotopic (exact) mass is 405 g/mol. The normalized spacial score (nSPS) is 11.7. The summed E-state index contributed by atoms with van der Waals surface area (Å²) in [6.45, 7) is 2.71. The van der Waals surface area contributed by atoms with Gasteiger partial charge in [0.1, 0.15) is 5.75 Å². The highest BCUT2D eigenvalue weighted by molar-refractivity contribution is 7.16. The number of hydrogen-bond donors (Lipinski definition) is 0. The number of nitro benzene ring substituents is 1. The molecule has 0 unspecified atom stereocenters. The second kappa shape index (κ2) is 7.89. The lowest BCUT2D eigenvalue weighted by atomic mass is 10.2. The predicted octanol–water partition coefficient (Wildman–Crippen LogP) is 4.42. The van der Waals surface area contributed by atoms with E-state index in [4.69, 9.17) is 16.3 Å². The lowest BCUT2D eigenvalue weighted by Gasteiger charge is -2.04. The van der Waals surface area contributed by atoms with E-state index in [0.717, 1.165) is 22.7 Å². The van der Waals surface area contributed by atoms with Crippen LogP contribution in [-0.2, 0) is 6.54 Å². The lowest BCUT2D eigenvalue weighted by molar-refractivity contribution is -0.384. The molecule has 0 fully saturated rings. The average Bonchev–Trinajstić information content (AvgIpc) is 2.98. The Morgan fingerprint density at radius 3 is 2.78 bits per heavy atom. The lowest BCUT2D eigenvalue weighted by Crippen LogP contribution is -2.17. The van der Waals surface area contributed by atoms with Crippen molar-refractivity contribution < 1.29 is 14.5 Å². The van der Waals surface area contributed by atoms with Gasteiger partial charge in [-0.25, -0.2) is 0 Å². The molecular weight excluding hydrogens is 390 g/mol. The van der Waals surface area contributed by atoms with Crippen molar-refractivity contribution in [3.8, 4) is 5.75 Å². The predicted molar refractivity (Wildman–Crippen MR) is 105 cm³/mol. The number of thiazole rings is 1. The first-order valence-corrected chi connectivity index (χ1v) is 9.34. The van der Waals surface area contributed by atoms with Gasteiger partial charge < -0.3 is 9.30 Å². The van der Waals surface area contributed by atoms with Crippen LogP contribution in [0.3, 0.4) is 0 Å². The number of carbonyl (C=O) groups excluding carboxylic acids is 1. The van der Waals surface area contributed by atoms with E-state index in [0.29, 0.717) is 17.1 Å². The number of nitrogens with zero attached hydrogens (tertiary/aromatic N) is 3. The Labute approximate surface area is 163 Å². The molecule has 0 aliphatic rings. The van der Waals surface area contributed by atoms with Gasteiger partial charge in [0.05, 0.1) is 32.8 Å². The molecule has 0 saturated heterocycles. The number of aromatic nitrogens is 1. The number of nitro groups is 1. The number of halogens is 1. The number of carbonyl (C=O) groups is 1. The second-order valence-corrected chi connectivity index (χ2v) is 7.12. The zero-order valence-corrected chi connectivity index (χ0v) is 16.2. The third-order valence-electron chi connectivity index (χ3n) is 3.93. The summed E-state index contributed by atoms with van der Waals surface area (Å²) in [5.74, 6) is 0.0964. The number of methoxy groups -OCH3 is 1. The van der Waals surface area contributed by atoms with Crippen LogP contribution in [0.4, 0.5) is 5.69 Å². The first kappa shape index (κ1) is 19.1. The summed E-state index contributed by atoms with van der Waals surface area (Å²) in [5, 5.41) is 11.1. The van der Waals surface area contributed by atoms with Crippen molar-refractivity contribution in [1.29, 1.82) is 0 Å². The minimum Gasteiger partial charge on any atom is -0.497 e. The Balaban J connectivity index is 2.14. The molecule has 3 rings (SSSR count). The van der Waals surface area contributed by atoms with Crippen LogP contribution in [0, 0.1) is 10.1 Å². The van der Waals surface area contributed by atoms with Crippen LogP contribution in [0.2, 0.25) is 5.02 Å². The average molecular weight is 406 g/mol. The second-order valence-electron chi connectivity index (χ2n) is 5.71. The number of rotatable bonds is 5. The molecule has 9 heteroatoms. The van der Waals surface area contributed by atoms with Crippen LogP contribution >= 0.6 is 22.9 Å². The Morgan fingerprint density at radius 2 is 2.11 bits per heavy atom. The minimum absolute atomic E-state index is 0.00366. The van der Waals surface area contributed by atoms with Gasteiger partial charge in [-0.2, -0.15) is 4.99 Å². The van der Waals surface area contributed by atoms with E-state index in [-0.39, 0.29) is 16.3 Å². The van der Waals surface area contributed by atoms with Crippen LogP contribution in [0.5, 0.6) is 5.75 Å². The topological polar surface area (TPSA) is 86.7 Å². The van der Waals surface area contributed by atoms with Gasteiger partial charge in [0.2, 0.25) is 0 Å². The SMILES string of the molecule is CCCn1c(=NC(=O)c2cc([N+](=O)[O-])ccc2Cl)sc2cc(OC)ccc21. The third-order valence-corrected chi connectivity index (χ3v) is 5.30. The highest BCUT2D eigenvalue weighted by Crippen LogP contribution is 2.25. The molecule has 0 aliphatic carbocycles. The summed E-state index contributed by atoms with van der Waals surface area (Å²) >= 11 is 7.41. The number of fused-ring (bicyclic) bond motifs is 1. The molecule has 2 aromatic carbocycles. The molecule has 0 N–H and O–H groups in total. The molecule has 140 valence electrons. The van der Waals surface area contributed by atoms with Crippen molar-refractivity contribution in [2.75, 3.05) is 7.11 Å². The van der Waals surface area contributed by atoms with Gasteiger partial charge in [0, 0.05) is 18.7 Å². The first-order valence-electron chi connectivity index (χ1n) is 8.15. The molecule has 0 spiro atoms. The maximum absolute atomic E-state index is 12.7. The van der Waals surface area contributed by atoms with Gasteiger partial charge in [-0.15, -0.1) is 0 Å². The number of benzene rings is 2. The minimum atomic E-state index is -0.618. The molecule has 0 atom stereocenters. The van der Waals surface area contributed by atoms with Crippen molar-refractivity contribution in [3.63, 3.8) is 0 Å². The van der Waals surface area contributed by atoms with E-state index in [2.05, 4.69) is 4.99 Å². The smallest absolute Gasteiger partial charge is 0.281 e. The molecule has 1 amide bonds. The van der Waals surface area contributed by atoms with Gasteiger partial charge in [-0.1, -0.05) is 29.9 Å². The maximum Gasteiger partial charge on any atom is 0.281 e. The van der Waals surface area contributed by atoms with Crippen molar-refractivity contribution in [2.24, 2.45) is 4.99 Å². The molecular formula is C18H16ClN3O4S. The molecule has 0 radical (unpaired) electrons. The van der Waals surface area contributed by atoms with Crippen molar-refractivity contribution >= 4 is 44.7 Å². The van der Waals surface area contributed by atoms with E-state index < -0.39 is 10.8 Å². The Bertz CT molecular complexity index is 1100. The molecule has 0 aliphatic heterocycles. The Morgan fingerprint density at radius 1 is 1.33 bits per heavy atom. The van der Waals surface area contributed by atoms with E-state index in [9.17, 15) is 14.9 Å². The summed E-state index contributed by atoms with van der Waals surface area (Å²) < 4.78 is 8.13. The molecule has 1 aromatic heterocycles. The summed E-state index contributed by atoms with van der Waals surface area (Å²) in [6, 6.07) is 9.39. The number of amides is 1. The maximum atomic E-state index is 12.7. The highest BCUT2D eigenvalue weighted by Gasteiger charge is 2.16.